The number of carbonyl (C=O) groups excluding carboxylic acids is 1. The molecule has 3 N–H and O–H groups in total. The standard InChI is InChI=1S/C20H30N2O4/c1-20(2,3)26-18(23)17(12-14-5-4-6-15(11-14)13-21)16-7-9-22(10-8-16)19(24)25/h4-6,11,16-17H,7-10,12-13,21H2,1-3H3,(H,24,25). The summed E-state index contributed by atoms with van der Waals surface area (Å²) in [5.74, 6) is -0.371. The minimum absolute atomic E-state index is 0.113. The fourth-order valence-electron chi connectivity index (χ4n) is 3.45. The number of carbonyl (C=O) groups is 2. The minimum atomic E-state index is -0.895. The third kappa shape index (κ3) is 5.73. The van der Waals surface area contributed by atoms with Crippen LogP contribution in [0.5, 0.6) is 0 Å². The molecule has 144 valence electrons. The van der Waals surface area contributed by atoms with Gasteiger partial charge in [-0.15, -0.1) is 0 Å². The third-order valence-corrected chi connectivity index (χ3v) is 4.77. The Kier molecular flexibility index (Phi) is 6.64. The van der Waals surface area contributed by atoms with E-state index in [0.717, 1.165) is 11.1 Å². The number of esters is 1. The Balaban J connectivity index is 2.16. The molecule has 0 spiro atoms. The molecule has 1 aliphatic heterocycles. The van der Waals surface area contributed by atoms with Gasteiger partial charge in [0.1, 0.15) is 5.60 Å². The maximum atomic E-state index is 12.9. The van der Waals surface area contributed by atoms with Crippen molar-refractivity contribution in [3.8, 4) is 0 Å². The van der Waals surface area contributed by atoms with E-state index in [2.05, 4.69) is 0 Å². The average Bonchev–Trinajstić information content (AvgIpc) is 2.58. The van der Waals surface area contributed by atoms with Crippen LogP contribution in [-0.2, 0) is 22.5 Å². The lowest BCUT2D eigenvalue weighted by molar-refractivity contribution is -0.162. The number of ether oxygens (including phenoxy) is 1. The highest BCUT2D eigenvalue weighted by Gasteiger charge is 2.35. The quantitative estimate of drug-likeness (QED) is 0.786. The summed E-state index contributed by atoms with van der Waals surface area (Å²) < 4.78 is 5.66. The number of piperidine rings is 1. The van der Waals surface area contributed by atoms with Crippen LogP contribution in [0.25, 0.3) is 0 Å². The number of amides is 1. The molecule has 6 nitrogen and oxygen atoms in total. The smallest absolute Gasteiger partial charge is 0.407 e. The molecule has 1 amide bonds. The molecule has 0 aliphatic carbocycles. The second kappa shape index (κ2) is 8.54. The molecule has 0 saturated carbocycles. The molecule has 0 radical (unpaired) electrons. The Bertz CT molecular complexity index is 631. The fraction of sp³-hybridized carbons (Fsp3) is 0.600. The topological polar surface area (TPSA) is 92.9 Å². The monoisotopic (exact) mass is 362 g/mol. The normalized spacial score (nSPS) is 17.0. The van der Waals surface area contributed by atoms with E-state index in [-0.39, 0.29) is 17.8 Å². The number of hydrogen-bond acceptors (Lipinski definition) is 4. The van der Waals surface area contributed by atoms with E-state index in [1.54, 1.807) is 0 Å². The fourth-order valence-corrected chi connectivity index (χ4v) is 3.45. The molecule has 1 aromatic carbocycles. The van der Waals surface area contributed by atoms with Gasteiger partial charge in [0.05, 0.1) is 5.92 Å². The zero-order valence-electron chi connectivity index (χ0n) is 15.9. The van der Waals surface area contributed by atoms with Crippen molar-refractivity contribution >= 4 is 12.1 Å². The zero-order chi connectivity index (χ0) is 19.3. The molecule has 1 aromatic rings. The van der Waals surface area contributed by atoms with E-state index in [0.29, 0.717) is 38.9 Å². The van der Waals surface area contributed by atoms with E-state index in [1.165, 1.54) is 4.90 Å². The largest absolute Gasteiger partial charge is 0.465 e. The van der Waals surface area contributed by atoms with Gasteiger partial charge in [-0.2, -0.15) is 0 Å². The number of rotatable bonds is 5. The third-order valence-electron chi connectivity index (χ3n) is 4.77. The highest BCUT2D eigenvalue weighted by molar-refractivity contribution is 5.74. The van der Waals surface area contributed by atoms with Crippen LogP contribution in [0.1, 0.15) is 44.7 Å². The first-order valence-electron chi connectivity index (χ1n) is 9.18. The van der Waals surface area contributed by atoms with Crippen LogP contribution in [-0.4, -0.2) is 40.8 Å². The van der Waals surface area contributed by atoms with Crippen LogP contribution < -0.4 is 5.73 Å². The number of nitrogens with two attached hydrogens (primary N) is 1. The first kappa shape index (κ1) is 20.2. The molecule has 26 heavy (non-hydrogen) atoms. The van der Waals surface area contributed by atoms with Gasteiger partial charge in [0.2, 0.25) is 0 Å². The van der Waals surface area contributed by atoms with Gasteiger partial charge in [-0.3, -0.25) is 4.79 Å². The molecule has 0 aromatic heterocycles. The van der Waals surface area contributed by atoms with E-state index in [1.807, 2.05) is 45.0 Å². The van der Waals surface area contributed by atoms with Crippen molar-refractivity contribution in [1.82, 2.24) is 4.90 Å². The summed E-state index contributed by atoms with van der Waals surface area (Å²) in [6.45, 7) is 6.98. The van der Waals surface area contributed by atoms with Crippen LogP contribution in [0.15, 0.2) is 24.3 Å². The Morgan fingerprint density at radius 2 is 1.88 bits per heavy atom. The Hall–Kier alpha value is -2.08. The van der Waals surface area contributed by atoms with Crippen molar-refractivity contribution < 1.29 is 19.4 Å². The molecular weight excluding hydrogens is 332 g/mol. The number of nitrogens with zero attached hydrogens (tertiary/aromatic N) is 1. The maximum absolute atomic E-state index is 12.9. The first-order valence-corrected chi connectivity index (χ1v) is 9.18. The predicted molar refractivity (Wildman–Crippen MR) is 99.7 cm³/mol. The Labute approximate surface area is 155 Å². The van der Waals surface area contributed by atoms with Crippen LogP contribution in [0.2, 0.25) is 0 Å². The maximum Gasteiger partial charge on any atom is 0.407 e. The van der Waals surface area contributed by atoms with Gasteiger partial charge in [-0.1, -0.05) is 24.3 Å². The van der Waals surface area contributed by atoms with Crippen molar-refractivity contribution in [3.05, 3.63) is 35.4 Å². The van der Waals surface area contributed by atoms with Crippen LogP contribution in [0.3, 0.4) is 0 Å². The minimum Gasteiger partial charge on any atom is -0.465 e. The van der Waals surface area contributed by atoms with Gasteiger partial charge < -0.3 is 20.5 Å². The number of carboxylic acid groups (broad SMARTS) is 1. The van der Waals surface area contributed by atoms with E-state index >= 15 is 0 Å². The summed E-state index contributed by atoms with van der Waals surface area (Å²) in [4.78, 5) is 25.4. The summed E-state index contributed by atoms with van der Waals surface area (Å²) in [5, 5.41) is 9.14. The number of benzene rings is 1. The van der Waals surface area contributed by atoms with Crippen molar-refractivity contribution in [3.63, 3.8) is 0 Å². The number of hydrogen-bond donors (Lipinski definition) is 2. The number of likely N-dealkylation sites (tertiary alicyclic amines) is 1. The molecular formula is C20H30N2O4. The molecule has 1 fully saturated rings. The van der Waals surface area contributed by atoms with E-state index in [9.17, 15) is 9.59 Å². The molecule has 1 aliphatic rings. The van der Waals surface area contributed by atoms with Crippen molar-refractivity contribution in [2.45, 2.75) is 52.2 Å². The molecule has 0 bridgehead atoms. The predicted octanol–water partition coefficient (Wildman–Crippen LogP) is 3.04. The summed E-state index contributed by atoms with van der Waals surface area (Å²) in [6.07, 6.45) is 1.04. The highest BCUT2D eigenvalue weighted by Crippen LogP contribution is 2.30. The van der Waals surface area contributed by atoms with Gasteiger partial charge >= 0.3 is 12.1 Å². The lowest BCUT2D eigenvalue weighted by Gasteiger charge is -2.35. The lowest BCUT2D eigenvalue weighted by atomic mass is 9.80. The molecule has 6 heteroatoms. The van der Waals surface area contributed by atoms with E-state index in [4.69, 9.17) is 15.6 Å². The van der Waals surface area contributed by atoms with Gasteiger partial charge in [-0.05, 0) is 57.1 Å². The molecule has 1 saturated heterocycles. The molecule has 2 rings (SSSR count). The highest BCUT2D eigenvalue weighted by atomic mass is 16.6. The molecule has 1 unspecified atom stereocenters. The van der Waals surface area contributed by atoms with Crippen molar-refractivity contribution in [2.24, 2.45) is 17.6 Å². The van der Waals surface area contributed by atoms with Gasteiger partial charge in [0.15, 0.2) is 0 Å². The molecule has 1 heterocycles. The molecule has 1 atom stereocenters. The SMILES string of the molecule is CC(C)(C)OC(=O)C(Cc1cccc(CN)c1)C1CCN(C(=O)O)CC1. The van der Waals surface area contributed by atoms with Gasteiger partial charge in [0.25, 0.3) is 0 Å². The second-order valence-corrected chi connectivity index (χ2v) is 7.98. The summed E-state index contributed by atoms with van der Waals surface area (Å²) >= 11 is 0. The van der Waals surface area contributed by atoms with Gasteiger partial charge in [-0.25, -0.2) is 4.79 Å². The van der Waals surface area contributed by atoms with Crippen LogP contribution >= 0.6 is 0 Å². The van der Waals surface area contributed by atoms with Gasteiger partial charge in [0, 0.05) is 19.6 Å². The van der Waals surface area contributed by atoms with E-state index < -0.39 is 11.7 Å². The van der Waals surface area contributed by atoms with Crippen LogP contribution in [0, 0.1) is 11.8 Å². The summed E-state index contributed by atoms with van der Waals surface area (Å²) in [6, 6.07) is 7.96. The summed E-state index contributed by atoms with van der Waals surface area (Å²) in [5.41, 5.74) is 7.27. The van der Waals surface area contributed by atoms with Crippen LogP contribution in [0.4, 0.5) is 4.79 Å². The van der Waals surface area contributed by atoms with Crippen molar-refractivity contribution in [1.29, 1.82) is 0 Å². The Morgan fingerprint density at radius 1 is 1.27 bits per heavy atom. The first-order chi connectivity index (χ1) is 12.2. The lowest BCUT2D eigenvalue weighted by Crippen LogP contribution is -2.42. The average molecular weight is 362 g/mol. The van der Waals surface area contributed by atoms with Crippen molar-refractivity contribution in [2.75, 3.05) is 13.1 Å². The zero-order valence-corrected chi connectivity index (χ0v) is 15.9. The second-order valence-electron chi connectivity index (χ2n) is 7.98. The summed E-state index contributed by atoms with van der Waals surface area (Å²) in [7, 11) is 0. The Morgan fingerprint density at radius 3 is 2.42 bits per heavy atom.